The predicted octanol–water partition coefficient (Wildman–Crippen LogP) is 4.15. The van der Waals surface area contributed by atoms with Gasteiger partial charge in [-0.1, -0.05) is 30.3 Å². The Morgan fingerprint density at radius 2 is 1.81 bits per heavy atom. The van der Waals surface area contributed by atoms with Crippen LogP contribution < -0.4 is 10.3 Å². The van der Waals surface area contributed by atoms with Gasteiger partial charge in [0.1, 0.15) is 11.4 Å². The molecule has 0 saturated heterocycles. The Kier molecular flexibility index (Phi) is 4.14. The van der Waals surface area contributed by atoms with Gasteiger partial charge in [0, 0.05) is 17.8 Å². The van der Waals surface area contributed by atoms with Crippen molar-refractivity contribution in [1.29, 1.82) is 0 Å². The number of anilines is 1. The number of carbonyl (C=O) groups is 1. The van der Waals surface area contributed by atoms with Crippen molar-refractivity contribution < 1.29 is 14.1 Å². The SMILES string of the molecule is Cc1cccc(N2C(=O)c3oc4ccccc4c(=O)c3[C@@H]2c2cccc([N+](=O)[O-])c2)n1. The number of nitrogens with zero attached hydrogens (tertiary/aromatic N) is 3. The second-order valence-corrected chi connectivity index (χ2v) is 7.24. The Morgan fingerprint density at radius 1 is 1.03 bits per heavy atom. The van der Waals surface area contributed by atoms with Gasteiger partial charge in [-0.05, 0) is 36.8 Å². The average molecular weight is 413 g/mol. The molecule has 1 atom stereocenters. The molecule has 8 heteroatoms. The fourth-order valence-electron chi connectivity index (χ4n) is 3.94. The highest BCUT2D eigenvalue weighted by atomic mass is 16.6. The zero-order chi connectivity index (χ0) is 21.7. The summed E-state index contributed by atoms with van der Waals surface area (Å²) in [5, 5.41) is 11.7. The number of fused-ring (bicyclic) bond motifs is 2. The molecular formula is C23H15N3O5. The summed E-state index contributed by atoms with van der Waals surface area (Å²) < 4.78 is 5.86. The van der Waals surface area contributed by atoms with Crippen molar-refractivity contribution in [2.75, 3.05) is 4.90 Å². The molecule has 3 heterocycles. The molecule has 0 aliphatic carbocycles. The monoisotopic (exact) mass is 413 g/mol. The average Bonchev–Trinajstić information content (AvgIpc) is 3.07. The minimum Gasteiger partial charge on any atom is -0.450 e. The van der Waals surface area contributed by atoms with E-state index >= 15 is 0 Å². The topological polar surface area (TPSA) is 107 Å². The number of hydrogen-bond donors (Lipinski definition) is 0. The van der Waals surface area contributed by atoms with Gasteiger partial charge < -0.3 is 4.42 Å². The van der Waals surface area contributed by atoms with E-state index in [1.165, 1.54) is 23.1 Å². The van der Waals surface area contributed by atoms with Crippen molar-refractivity contribution in [1.82, 2.24) is 4.98 Å². The molecule has 1 amide bonds. The van der Waals surface area contributed by atoms with Gasteiger partial charge >= 0.3 is 0 Å². The molecule has 0 N–H and O–H groups in total. The van der Waals surface area contributed by atoms with E-state index in [-0.39, 0.29) is 22.4 Å². The van der Waals surface area contributed by atoms with Crippen LogP contribution in [-0.4, -0.2) is 15.8 Å². The molecule has 1 aliphatic heterocycles. The van der Waals surface area contributed by atoms with Crippen LogP contribution in [0.5, 0.6) is 0 Å². The van der Waals surface area contributed by atoms with Gasteiger partial charge in [0.15, 0.2) is 5.43 Å². The summed E-state index contributed by atoms with van der Waals surface area (Å²) in [7, 11) is 0. The van der Waals surface area contributed by atoms with Crippen LogP contribution in [0.25, 0.3) is 11.0 Å². The van der Waals surface area contributed by atoms with Crippen LogP contribution in [0.1, 0.15) is 33.4 Å². The Bertz CT molecular complexity index is 1440. The number of nitro groups is 1. The number of pyridine rings is 1. The Labute approximate surface area is 175 Å². The number of benzene rings is 2. The third kappa shape index (κ3) is 2.88. The van der Waals surface area contributed by atoms with Gasteiger partial charge in [-0.2, -0.15) is 0 Å². The van der Waals surface area contributed by atoms with Crippen LogP contribution in [-0.2, 0) is 0 Å². The molecule has 8 nitrogen and oxygen atoms in total. The molecular weight excluding hydrogens is 398 g/mol. The van der Waals surface area contributed by atoms with Crippen molar-refractivity contribution in [2.45, 2.75) is 13.0 Å². The van der Waals surface area contributed by atoms with E-state index in [1.54, 1.807) is 55.5 Å². The minimum absolute atomic E-state index is 0.0801. The van der Waals surface area contributed by atoms with Crippen LogP contribution in [0, 0.1) is 17.0 Å². The summed E-state index contributed by atoms with van der Waals surface area (Å²) in [6.45, 7) is 1.79. The standard InChI is InChI=1S/C23H15N3O5/c1-13-6-4-11-18(24-13)25-20(14-7-5-8-15(12-14)26(29)30)19-21(27)16-9-2-3-10-17(16)31-22(19)23(25)28/h2-12,20H,1H3/t20-/m0/s1. The lowest BCUT2D eigenvalue weighted by atomic mass is 9.98. The van der Waals surface area contributed by atoms with Crippen molar-refractivity contribution in [3.05, 3.63) is 110 Å². The van der Waals surface area contributed by atoms with Crippen LogP contribution in [0.3, 0.4) is 0 Å². The van der Waals surface area contributed by atoms with Crippen LogP contribution in [0.2, 0.25) is 0 Å². The van der Waals surface area contributed by atoms with Crippen molar-refractivity contribution >= 4 is 28.4 Å². The largest absolute Gasteiger partial charge is 0.450 e. The number of nitro benzene ring substituents is 1. The fourth-order valence-corrected chi connectivity index (χ4v) is 3.94. The lowest BCUT2D eigenvalue weighted by molar-refractivity contribution is -0.384. The lowest BCUT2D eigenvalue weighted by Gasteiger charge is -2.24. The van der Waals surface area contributed by atoms with Gasteiger partial charge in [-0.3, -0.25) is 24.6 Å². The van der Waals surface area contributed by atoms with Crippen molar-refractivity contribution in [2.24, 2.45) is 0 Å². The smallest absolute Gasteiger partial charge is 0.296 e. The quantitative estimate of drug-likeness (QED) is 0.369. The maximum Gasteiger partial charge on any atom is 0.296 e. The second-order valence-electron chi connectivity index (χ2n) is 7.24. The summed E-state index contributed by atoms with van der Waals surface area (Å²) in [5.74, 6) is -0.271. The molecule has 0 saturated carbocycles. The highest BCUT2D eigenvalue weighted by Gasteiger charge is 2.44. The van der Waals surface area contributed by atoms with Gasteiger partial charge in [-0.15, -0.1) is 0 Å². The lowest BCUT2D eigenvalue weighted by Crippen LogP contribution is -2.30. The van der Waals surface area contributed by atoms with Crippen LogP contribution in [0.15, 0.2) is 75.9 Å². The van der Waals surface area contributed by atoms with E-state index in [0.717, 1.165) is 0 Å². The van der Waals surface area contributed by atoms with E-state index < -0.39 is 16.9 Å². The van der Waals surface area contributed by atoms with E-state index in [1.807, 2.05) is 0 Å². The molecule has 0 unspecified atom stereocenters. The summed E-state index contributed by atoms with van der Waals surface area (Å²) in [6, 6.07) is 16.9. The van der Waals surface area contributed by atoms with Gasteiger partial charge in [0.05, 0.1) is 21.9 Å². The number of hydrogen-bond acceptors (Lipinski definition) is 6. The molecule has 0 bridgehead atoms. The van der Waals surface area contributed by atoms with Crippen molar-refractivity contribution in [3.63, 3.8) is 0 Å². The first-order chi connectivity index (χ1) is 15.0. The molecule has 31 heavy (non-hydrogen) atoms. The first kappa shape index (κ1) is 18.7. The summed E-state index contributed by atoms with van der Waals surface area (Å²) in [4.78, 5) is 43.5. The Hall–Kier alpha value is -4.33. The fraction of sp³-hybridized carbons (Fsp3) is 0.0870. The molecule has 1 aliphatic rings. The zero-order valence-electron chi connectivity index (χ0n) is 16.3. The maximum atomic E-state index is 13.4. The minimum atomic E-state index is -0.905. The Morgan fingerprint density at radius 3 is 2.58 bits per heavy atom. The molecule has 2 aromatic heterocycles. The number of carbonyl (C=O) groups excluding carboxylic acids is 1. The predicted molar refractivity (Wildman–Crippen MR) is 113 cm³/mol. The summed E-state index contributed by atoms with van der Waals surface area (Å²) in [5.41, 5.74) is 1.07. The van der Waals surface area contributed by atoms with E-state index in [4.69, 9.17) is 4.42 Å². The molecule has 152 valence electrons. The maximum absolute atomic E-state index is 13.4. The molecule has 5 rings (SSSR count). The number of para-hydroxylation sites is 1. The first-order valence-electron chi connectivity index (χ1n) is 9.53. The normalized spacial score (nSPS) is 15.3. The number of aryl methyl sites for hydroxylation is 1. The summed E-state index contributed by atoms with van der Waals surface area (Å²) >= 11 is 0. The summed E-state index contributed by atoms with van der Waals surface area (Å²) in [6.07, 6.45) is 0. The second kappa shape index (κ2) is 6.88. The third-order valence-corrected chi connectivity index (χ3v) is 5.29. The molecule has 0 radical (unpaired) electrons. The highest BCUT2D eigenvalue weighted by molar-refractivity contribution is 6.10. The number of rotatable bonds is 3. The van der Waals surface area contributed by atoms with E-state index in [2.05, 4.69) is 4.98 Å². The molecule has 2 aromatic carbocycles. The van der Waals surface area contributed by atoms with Gasteiger partial charge in [0.25, 0.3) is 11.6 Å². The molecule has 0 spiro atoms. The van der Waals surface area contributed by atoms with Crippen molar-refractivity contribution in [3.8, 4) is 0 Å². The van der Waals surface area contributed by atoms with Gasteiger partial charge in [0.2, 0.25) is 5.76 Å². The third-order valence-electron chi connectivity index (χ3n) is 5.29. The van der Waals surface area contributed by atoms with Gasteiger partial charge in [-0.25, -0.2) is 4.98 Å². The Balaban J connectivity index is 1.83. The molecule has 0 fully saturated rings. The van der Waals surface area contributed by atoms with Crippen LogP contribution >= 0.6 is 0 Å². The number of non-ortho nitro benzene ring substituents is 1. The number of aromatic nitrogens is 1. The van der Waals surface area contributed by atoms with E-state index in [9.17, 15) is 19.7 Å². The van der Waals surface area contributed by atoms with E-state index in [0.29, 0.717) is 28.0 Å². The zero-order valence-corrected chi connectivity index (χ0v) is 16.3. The van der Waals surface area contributed by atoms with Crippen LogP contribution in [0.4, 0.5) is 11.5 Å². The molecule has 4 aromatic rings. The highest BCUT2D eigenvalue weighted by Crippen LogP contribution is 2.41. The first-order valence-corrected chi connectivity index (χ1v) is 9.53. The number of amides is 1.